The quantitative estimate of drug-likeness (QED) is 0.234. The summed E-state index contributed by atoms with van der Waals surface area (Å²) in [4.78, 5) is 24.4. The number of para-hydroxylation sites is 1. The van der Waals surface area contributed by atoms with Gasteiger partial charge in [-0.15, -0.1) is 0 Å². The number of aromatic nitrogens is 2. The summed E-state index contributed by atoms with van der Waals surface area (Å²) in [5.41, 5.74) is 7.36. The minimum atomic E-state index is -0.486. The number of nitrogens with one attached hydrogen (secondary N) is 1. The second-order valence-electron chi connectivity index (χ2n) is 8.69. The van der Waals surface area contributed by atoms with Crippen LogP contribution >= 0.6 is 0 Å². The van der Waals surface area contributed by atoms with Crippen LogP contribution in [0.5, 0.6) is 5.75 Å². The predicted octanol–water partition coefficient (Wildman–Crippen LogP) is 5.64. The third-order valence-corrected chi connectivity index (χ3v) is 6.08. The van der Waals surface area contributed by atoms with Gasteiger partial charge in [-0.25, -0.2) is 5.43 Å². The summed E-state index contributed by atoms with van der Waals surface area (Å²) >= 11 is 0. The summed E-state index contributed by atoms with van der Waals surface area (Å²) < 4.78 is 15.2. The first kappa shape index (κ1) is 23.9. The standard InChI is InChI=1S/C29H26N4O4/c1-19-8-9-20(2)33(19)23-10-12-24(13-11-23)36-18-25-14-15-28(37-25)29(35)31-30-16-22-17-32(21(3)34)27-7-5-4-6-26(22)27/h4-17H,18H2,1-3H3,(H,31,35). The van der Waals surface area contributed by atoms with Gasteiger partial charge in [-0.2, -0.15) is 5.10 Å². The Balaban J connectivity index is 1.19. The lowest BCUT2D eigenvalue weighted by Gasteiger charge is -2.10. The van der Waals surface area contributed by atoms with Crippen LogP contribution in [0.25, 0.3) is 16.6 Å². The summed E-state index contributed by atoms with van der Waals surface area (Å²) in [6.07, 6.45) is 3.20. The molecule has 8 heteroatoms. The van der Waals surface area contributed by atoms with E-state index in [2.05, 4.69) is 41.1 Å². The van der Waals surface area contributed by atoms with Gasteiger partial charge in [-0.1, -0.05) is 18.2 Å². The number of furan rings is 1. The van der Waals surface area contributed by atoms with Crippen molar-refractivity contribution in [2.45, 2.75) is 27.4 Å². The third kappa shape index (κ3) is 4.95. The Labute approximate surface area is 213 Å². The molecular formula is C29H26N4O4. The van der Waals surface area contributed by atoms with Crippen LogP contribution in [0.4, 0.5) is 0 Å². The molecule has 0 bridgehead atoms. The van der Waals surface area contributed by atoms with Crippen LogP contribution in [0, 0.1) is 13.8 Å². The fraction of sp³-hybridized carbons (Fsp3) is 0.138. The first-order valence-electron chi connectivity index (χ1n) is 11.8. The Bertz CT molecular complexity index is 1600. The zero-order valence-corrected chi connectivity index (χ0v) is 20.8. The highest BCUT2D eigenvalue weighted by atomic mass is 16.5. The smallest absolute Gasteiger partial charge is 0.307 e. The number of carbonyl (C=O) groups excluding carboxylic acids is 2. The van der Waals surface area contributed by atoms with E-state index in [4.69, 9.17) is 9.15 Å². The topological polar surface area (TPSA) is 90.8 Å². The largest absolute Gasteiger partial charge is 0.486 e. The van der Waals surface area contributed by atoms with Crippen LogP contribution in [0.15, 0.2) is 88.5 Å². The van der Waals surface area contributed by atoms with Crippen molar-refractivity contribution in [1.29, 1.82) is 0 Å². The molecule has 1 amide bonds. The van der Waals surface area contributed by atoms with Gasteiger partial charge < -0.3 is 13.7 Å². The van der Waals surface area contributed by atoms with E-state index in [1.165, 1.54) is 24.5 Å². The number of hydrogen-bond donors (Lipinski definition) is 1. The zero-order valence-electron chi connectivity index (χ0n) is 20.8. The van der Waals surface area contributed by atoms with Crippen LogP contribution in [-0.4, -0.2) is 27.2 Å². The van der Waals surface area contributed by atoms with E-state index < -0.39 is 5.91 Å². The summed E-state index contributed by atoms with van der Waals surface area (Å²) in [5.74, 6) is 0.741. The predicted molar refractivity (Wildman–Crippen MR) is 142 cm³/mol. The van der Waals surface area contributed by atoms with E-state index >= 15 is 0 Å². The van der Waals surface area contributed by atoms with Gasteiger partial charge in [0.25, 0.3) is 0 Å². The molecule has 0 atom stereocenters. The molecule has 0 unspecified atom stereocenters. The molecule has 37 heavy (non-hydrogen) atoms. The Kier molecular flexibility index (Phi) is 6.47. The van der Waals surface area contributed by atoms with Crippen LogP contribution < -0.4 is 10.2 Å². The lowest BCUT2D eigenvalue weighted by atomic mass is 10.2. The maximum absolute atomic E-state index is 12.5. The molecule has 186 valence electrons. The van der Waals surface area contributed by atoms with Crippen molar-refractivity contribution in [3.63, 3.8) is 0 Å². The summed E-state index contributed by atoms with van der Waals surface area (Å²) in [6, 6.07) is 22.8. The molecule has 0 spiro atoms. The number of carbonyl (C=O) groups is 2. The average molecular weight is 495 g/mol. The summed E-state index contributed by atoms with van der Waals surface area (Å²) in [7, 11) is 0. The normalized spacial score (nSPS) is 11.3. The molecule has 3 aromatic heterocycles. The first-order chi connectivity index (χ1) is 17.9. The molecule has 0 saturated carbocycles. The second-order valence-corrected chi connectivity index (χ2v) is 8.69. The molecule has 1 N–H and O–H groups in total. The van der Waals surface area contributed by atoms with Crippen molar-refractivity contribution in [3.05, 3.63) is 107 Å². The highest BCUT2D eigenvalue weighted by Crippen LogP contribution is 2.22. The molecule has 2 aromatic carbocycles. The molecule has 0 aliphatic carbocycles. The van der Waals surface area contributed by atoms with Crippen molar-refractivity contribution >= 4 is 28.9 Å². The van der Waals surface area contributed by atoms with Crippen LogP contribution in [0.2, 0.25) is 0 Å². The number of benzene rings is 2. The Morgan fingerprint density at radius 3 is 2.43 bits per heavy atom. The van der Waals surface area contributed by atoms with Gasteiger partial charge in [0.1, 0.15) is 18.1 Å². The van der Waals surface area contributed by atoms with Crippen molar-refractivity contribution < 1.29 is 18.7 Å². The summed E-state index contributed by atoms with van der Waals surface area (Å²) in [5, 5.41) is 4.90. The SMILES string of the molecule is CC(=O)n1cc(C=NNC(=O)c2ccc(COc3ccc(-n4c(C)ccc4C)cc3)o2)c2ccccc21. The molecule has 0 aliphatic rings. The molecule has 0 saturated heterocycles. The minimum absolute atomic E-state index is 0.104. The van der Waals surface area contributed by atoms with Crippen LogP contribution in [-0.2, 0) is 6.61 Å². The number of ether oxygens (including phenoxy) is 1. The van der Waals surface area contributed by atoms with E-state index in [9.17, 15) is 9.59 Å². The maximum Gasteiger partial charge on any atom is 0.307 e. The van der Waals surface area contributed by atoms with Gasteiger partial charge in [-0.05, 0) is 68.4 Å². The molecule has 0 fully saturated rings. The number of hydrazone groups is 1. The van der Waals surface area contributed by atoms with Crippen molar-refractivity contribution in [2.24, 2.45) is 5.10 Å². The van der Waals surface area contributed by atoms with Gasteiger partial charge in [0.15, 0.2) is 5.76 Å². The van der Waals surface area contributed by atoms with E-state index in [1.54, 1.807) is 22.9 Å². The molecule has 3 heterocycles. The minimum Gasteiger partial charge on any atom is -0.486 e. The van der Waals surface area contributed by atoms with E-state index in [1.807, 2.05) is 48.5 Å². The monoisotopic (exact) mass is 494 g/mol. The molecule has 0 radical (unpaired) electrons. The molecule has 0 aliphatic heterocycles. The number of fused-ring (bicyclic) bond motifs is 1. The molecular weight excluding hydrogens is 468 g/mol. The number of rotatable bonds is 7. The second kappa shape index (κ2) is 10.0. The number of aryl methyl sites for hydroxylation is 2. The van der Waals surface area contributed by atoms with E-state index in [0.717, 1.165) is 16.6 Å². The van der Waals surface area contributed by atoms with Gasteiger partial charge >= 0.3 is 5.91 Å². The number of hydrogen-bond acceptors (Lipinski definition) is 5. The Hall–Kier alpha value is -4.85. The van der Waals surface area contributed by atoms with Gasteiger partial charge in [-0.3, -0.25) is 14.2 Å². The summed E-state index contributed by atoms with van der Waals surface area (Å²) in [6.45, 7) is 5.82. The first-order valence-corrected chi connectivity index (χ1v) is 11.8. The van der Waals surface area contributed by atoms with Gasteiger partial charge in [0.2, 0.25) is 5.91 Å². The van der Waals surface area contributed by atoms with Crippen molar-refractivity contribution in [3.8, 4) is 11.4 Å². The fourth-order valence-corrected chi connectivity index (χ4v) is 4.28. The van der Waals surface area contributed by atoms with Gasteiger partial charge in [0, 0.05) is 41.1 Å². The molecule has 5 aromatic rings. The van der Waals surface area contributed by atoms with Crippen molar-refractivity contribution in [2.75, 3.05) is 0 Å². The van der Waals surface area contributed by atoms with Gasteiger partial charge in [0.05, 0.1) is 11.7 Å². The van der Waals surface area contributed by atoms with Crippen LogP contribution in [0.1, 0.15) is 45.0 Å². The number of amides is 1. The average Bonchev–Trinajstić information content (AvgIpc) is 3.61. The maximum atomic E-state index is 12.5. The Morgan fingerprint density at radius 1 is 0.973 bits per heavy atom. The van der Waals surface area contributed by atoms with E-state index in [0.29, 0.717) is 17.1 Å². The number of nitrogens with zero attached hydrogens (tertiary/aromatic N) is 3. The van der Waals surface area contributed by atoms with Crippen LogP contribution in [0.3, 0.4) is 0 Å². The highest BCUT2D eigenvalue weighted by molar-refractivity contribution is 6.03. The third-order valence-electron chi connectivity index (χ3n) is 6.08. The molecule has 8 nitrogen and oxygen atoms in total. The zero-order chi connectivity index (χ0) is 25.9. The highest BCUT2D eigenvalue weighted by Gasteiger charge is 2.12. The molecule has 5 rings (SSSR count). The lowest BCUT2D eigenvalue weighted by molar-refractivity contribution is 0.0920. The van der Waals surface area contributed by atoms with E-state index in [-0.39, 0.29) is 18.3 Å². The Morgan fingerprint density at radius 2 is 1.70 bits per heavy atom. The van der Waals surface area contributed by atoms with Crippen molar-refractivity contribution in [1.82, 2.24) is 14.6 Å². The fourth-order valence-electron chi connectivity index (χ4n) is 4.28. The lowest BCUT2D eigenvalue weighted by Crippen LogP contribution is -2.16.